The van der Waals surface area contributed by atoms with Crippen LogP contribution in [0.3, 0.4) is 0 Å². The van der Waals surface area contributed by atoms with Crippen LogP contribution in [-0.4, -0.2) is 11.5 Å². The van der Waals surface area contributed by atoms with Gasteiger partial charge >= 0.3 is 0 Å². The second kappa shape index (κ2) is 4.68. The van der Waals surface area contributed by atoms with Crippen LogP contribution in [0.1, 0.15) is 30.1 Å². The molecule has 1 aliphatic rings. The molecule has 0 bridgehead atoms. The summed E-state index contributed by atoms with van der Waals surface area (Å²) in [5, 5.41) is 5.57. The average molecular weight is 259 g/mol. The van der Waals surface area contributed by atoms with E-state index < -0.39 is 0 Å². The van der Waals surface area contributed by atoms with Crippen LogP contribution < -0.4 is 5.32 Å². The van der Waals surface area contributed by atoms with E-state index in [1.54, 1.807) is 0 Å². The van der Waals surface area contributed by atoms with Crippen LogP contribution in [0.4, 0.5) is 0 Å². The van der Waals surface area contributed by atoms with Crippen molar-refractivity contribution >= 4 is 22.5 Å². The molecule has 0 spiro atoms. The van der Waals surface area contributed by atoms with Crippen LogP contribution in [0.5, 0.6) is 0 Å². The van der Waals surface area contributed by atoms with E-state index >= 15 is 0 Å². The van der Waals surface area contributed by atoms with E-state index in [1.807, 2.05) is 12.1 Å². The van der Waals surface area contributed by atoms with Crippen LogP contribution in [0.2, 0.25) is 5.02 Å². The number of aromatic amines is 1. The number of rotatable bonds is 2. The number of hydrogen-bond donors (Lipinski definition) is 2. The van der Waals surface area contributed by atoms with E-state index in [4.69, 9.17) is 18.0 Å². The summed E-state index contributed by atoms with van der Waals surface area (Å²) in [6, 6.07) is 6.37. The van der Waals surface area contributed by atoms with E-state index in [9.17, 15) is 0 Å². The quantitative estimate of drug-likeness (QED) is 0.794. The standard InChI is InChI=1S/C15H15ClN2/c1-2-3-4-14-15-11(7-8-17-14)12-9-10(16)5-6-13(12)18-15/h1,5-6,9,14,17-18H,3-4,7-8H2. The molecular formula is C15H15ClN2. The molecule has 0 amide bonds. The first-order chi connectivity index (χ1) is 8.79. The smallest absolute Gasteiger partial charge is 0.0485 e. The highest BCUT2D eigenvalue weighted by Gasteiger charge is 2.23. The fourth-order valence-corrected chi connectivity index (χ4v) is 2.93. The van der Waals surface area contributed by atoms with Gasteiger partial charge in [-0.25, -0.2) is 0 Å². The second-order valence-corrected chi connectivity index (χ2v) is 5.14. The zero-order valence-corrected chi connectivity index (χ0v) is 10.8. The van der Waals surface area contributed by atoms with Crippen molar-refractivity contribution in [2.24, 2.45) is 0 Å². The molecule has 1 aliphatic heterocycles. The van der Waals surface area contributed by atoms with E-state index in [1.165, 1.54) is 22.2 Å². The molecule has 0 aliphatic carbocycles. The van der Waals surface area contributed by atoms with E-state index in [2.05, 4.69) is 22.3 Å². The number of aromatic nitrogens is 1. The molecule has 0 radical (unpaired) electrons. The fraction of sp³-hybridized carbons (Fsp3) is 0.333. The van der Waals surface area contributed by atoms with Gasteiger partial charge in [0.1, 0.15) is 0 Å². The molecule has 0 fully saturated rings. The van der Waals surface area contributed by atoms with Gasteiger partial charge in [-0.15, -0.1) is 12.3 Å². The lowest BCUT2D eigenvalue weighted by Gasteiger charge is -2.23. The van der Waals surface area contributed by atoms with Crippen molar-refractivity contribution in [1.82, 2.24) is 10.3 Å². The molecule has 2 nitrogen and oxygen atoms in total. The number of H-pyrrole nitrogens is 1. The summed E-state index contributed by atoms with van der Waals surface area (Å²) in [4.78, 5) is 3.51. The molecule has 2 aromatic rings. The Kier molecular flexibility index (Phi) is 3.03. The molecule has 3 heteroatoms. The van der Waals surface area contributed by atoms with E-state index in [-0.39, 0.29) is 0 Å². The lowest BCUT2D eigenvalue weighted by atomic mass is 9.96. The molecule has 2 heterocycles. The van der Waals surface area contributed by atoms with Crippen molar-refractivity contribution in [3.05, 3.63) is 34.5 Å². The topological polar surface area (TPSA) is 27.8 Å². The van der Waals surface area contributed by atoms with Crippen molar-refractivity contribution < 1.29 is 0 Å². The van der Waals surface area contributed by atoms with Gasteiger partial charge in [-0.3, -0.25) is 0 Å². The van der Waals surface area contributed by atoms with Gasteiger partial charge in [0.15, 0.2) is 0 Å². The highest BCUT2D eigenvalue weighted by molar-refractivity contribution is 6.31. The molecule has 1 aromatic carbocycles. The molecule has 1 atom stereocenters. The number of terminal acetylenes is 1. The van der Waals surface area contributed by atoms with Crippen LogP contribution >= 0.6 is 11.6 Å². The number of benzene rings is 1. The maximum Gasteiger partial charge on any atom is 0.0485 e. The predicted octanol–water partition coefficient (Wildman–Crippen LogP) is 3.42. The summed E-state index contributed by atoms with van der Waals surface area (Å²) in [5.74, 6) is 2.71. The maximum absolute atomic E-state index is 6.08. The Labute approximate surface area is 112 Å². The zero-order valence-electron chi connectivity index (χ0n) is 10.1. The molecule has 18 heavy (non-hydrogen) atoms. The van der Waals surface area contributed by atoms with Crippen LogP contribution in [0, 0.1) is 12.3 Å². The minimum absolute atomic E-state index is 0.343. The normalized spacial score (nSPS) is 18.6. The molecule has 3 rings (SSSR count). The van der Waals surface area contributed by atoms with Gasteiger partial charge < -0.3 is 10.3 Å². The third kappa shape index (κ3) is 1.90. The summed E-state index contributed by atoms with van der Waals surface area (Å²) in [6.45, 7) is 1.00. The lowest BCUT2D eigenvalue weighted by Crippen LogP contribution is -2.29. The zero-order chi connectivity index (χ0) is 12.5. The van der Waals surface area contributed by atoms with Gasteiger partial charge in [-0.2, -0.15) is 0 Å². The third-order valence-corrected chi connectivity index (χ3v) is 3.83. The Morgan fingerprint density at radius 3 is 3.17 bits per heavy atom. The van der Waals surface area contributed by atoms with Gasteiger partial charge in [0.2, 0.25) is 0 Å². The lowest BCUT2D eigenvalue weighted by molar-refractivity contribution is 0.474. The largest absolute Gasteiger partial charge is 0.357 e. The molecule has 0 saturated carbocycles. The minimum atomic E-state index is 0.343. The molecule has 2 N–H and O–H groups in total. The first-order valence-electron chi connectivity index (χ1n) is 6.26. The Morgan fingerprint density at radius 1 is 1.44 bits per heavy atom. The van der Waals surface area contributed by atoms with Crippen molar-refractivity contribution in [1.29, 1.82) is 0 Å². The monoisotopic (exact) mass is 258 g/mol. The Morgan fingerprint density at radius 2 is 2.33 bits per heavy atom. The molecule has 0 saturated heterocycles. The fourth-order valence-electron chi connectivity index (χ4n) is 2.76. The van der Waals surface area contributed by atoms with Crippen molar-refractivity contribution in [2.45, 2.75) is 25.3 Å². The summed E-state index contributed by atoms with van der Waals surface area (Å²) >= 11 is 6.08. The number of fused-ring (bicyclic) bond motifs is 3. The van der Waals surface area contributed by atoms with Gasteiger partial charge in [0.05, 0.1) is 0 Å². The predicted molar refractivity (Wildman–Crippen MR) is 75.8 cm³/mol. The third-order valence-electron chi connectivity index (χ3n) is 3.59. The van der Waals surface area contributed by atoms with E-state index in [0.717, 1.165) is 30.8 Å². The van der Waals surface area contributed by atoms with Crippen LogP contribution in [0.15, 0.2) is 18.2 Å². The van der Waals surface area contributed by atoms with Crippen LogP contribution in [0.25, 0.3) is 10.9 Å². The maximum atomic E-state index is 6.08. The average Bonchev–Trinajstić information content (AvgIpc) is 2.75. The molecule has 1 unspecified atom stereocenters. The Balaban J connectivity index is 2.07. The SMILES string of the molecule is C#CCCC1NCCc2c1[nH]c1ccc(Cl)cc21. The number of halogens is 1. The van der Waals surface area contributed by atoms with Gasteiger partial charge in [-0.05, 0) is 43.1 Å². The highest BCUT2D eigenvalue weighted by Crippen LogP contribution is 2.33. The molecule has 92 valence electrons. The summed E-state index contributed by atoms with van der Waals surface area (Å²) in [6.07, 6.45) is 8.17. The second-order valence-electron chi connectivity index (χ2n) is 4.71. The van der Waals surface area contributed by atoms with Gasteiger partial charge in [-0.1, -0.05) is 11.6 Å². The summed E-state index contributed by atoms with van der Waals surface area (Å²) in [5.41, 5.74) is 3.85. The highest BCUT2D eigenvalue weighted by atomic mass is 35.5. The van der Waals surface area contributed by atoms with Gasteiger partial charge in [0, 0.05) is 34.1 Å². The van der Waals surface area contributed by atoms with Crippen molar-refractivity contribution in [2.75, 3.05) is 6.54 Å². The summed E-state index contributed by atoms with van der Waals surface area (Å²) in [7, 11) is 0. The van der Waals surface area contributed by atoms with E-state index in [0.29, 0.717) is 6.04 Å². The molecule has 1 aromatic heterocycles. The molecular weight excluding hydrogens is 244 g/mol. The first kappa shape index (κ1) is 11.6. The van der Waals surface area contributed by atoms with Crippen molar-refractivity contribution in [3.8, 4) is 12.3 Å². The summed E-state index contributed by atoms with van der Waals surface area (Å²) < 4.78 is 0. The van der Waals surface area contributed by atoms with Gasteiger partial charge in [0.25, 0.3) is 0 Å². The number of nitrogens with one attached hydrogen (secondary N) is 2. The first-order valence-corrected chi connectivity index (χ1v) is 6.64. The van der Waals surface area contributed by atoms with Crippen LogP contribution in [-0.2, 0) is 6.42 Å². The Bertz CT molecular complexity index is 621. The van der Waals surface area contributed by atoms with Crippen molar-refractivity contribution in [3.63, 3.8) is 0 Å². The minimum Gasteiger partial charge on any atom is -0.357 e. The number of hydrogen-bond acceptors (Lipinski definition) is 1. The Hall–Kier alpha value is -1.43.